The van der Waals surface area contributed by atoms with Gasteiger partial charge in [0.15, 0.2) is 0 Å². The van der Waals surface area contributed by atoms with Gasteiger partial charge in [0, 0.05) is 24.7 Å². The molecular weight excluding hydrogens is 380 g/mol. The third kappa shape index (κ3) is 6.58. The van der Waals surface area contributed by atoms with E-state index in [1.165, 1.54) is 11.1 Å². The van der Waals surface area contributed by atoms with Crippen molar-refractivity contribution >= 4 is 17.5 Å². The van der Waals surface area contributed by atoms with E-state index < -0.39 is 0 Å². The Hall–Kier alpha value is -1.84. The fourth-order valence-electron chi connectivity index (χ4n) is 4.00. The molecule has 3 nitrogen and oxygen atoms in total. The lowest BCUT2D eigenvalue weighted by molar-refractivity contribution is -0.126. The van der Waals surface area contributed by atoms with Gasteiger partial charge in [-0.2, -0.15) is 0 Å². The highest BCUT2D eigenvalue weighted by molar-refractivity contribution is 6.31. The second kappa shape index (κ2) is 10.8. The maximum absolute atomic E-state index is 12.6. The largest absolute Gasteiger partial charge is 0.356 e. The number of carbonyl (C=O) groups excluding carboxylic acids is 1. The molecule has 0 spiro atoms. The van der Waals surface area contributed by atoms with Gasteiger partial charge >= 0.3 is 0 Å². The Morgan fingerprint density at radius 1 is 1.17 bits per heavy atom. The normalized spacial score (nSPS) is 17.4. The van der Waals surface area contributed by atoms with Crippen molar-refractivity contribution in [2.24, 2.45) is 5.92 Å². The van der Waals surface area contributed by atoms with Crippen LogP contribution >= 0.6 is 11.6 Å². The summed E-state index contributed by atoms with van der Waals surface area (Å²) in [4.78, 5) is 15.0. The topological polar surface area (TPSA) is 32.3 Å². The number of piperidine rings is 1. The molecule has 1 N–H and O–H groups in total. The van der Waals surface area contributed by atoms with Gasteiger partial charge in [-0.1, -0.05) is 67.9 Å². The zero-order valence-corrected chi connectivity index (χ0v) is 18.4. The number of rotatable bonds is 8. The van der Waals surface area contributed by atoms with Crippen molar-refractivity contribution in [1.29, 1.82) is 0 Å². The first-order valence-corrected chi connectivity index (χ1v) is 11.2. The lowest BCUT2D eigenvalue weighted by Crippen LogP contribution is -2.43. The van der Waals surface area contributed by atoms with Crippen LogP contribution in [0, 0.1) is 5.92 Å². The quantitative estimate of drug-likeness (QED) is 0.586. The molecule has 0 radical (unpaired) electrons. The van der Waals surface area contributed by atoms with Crippen LogP contribution in [-0.4, -0.2) is 30.4 Å². The van der Waals surface area contributed by atoms with Crippen LogP contribution in [0.4, 0.5) is 0 Å². The first-order valence-electron chi connectivity index (χ1n) is 10.8. The standard InChI is InChI=1S/C25H33ClN2O/c1-19(2)21-13-11-20(12-14-21)7-5-15-27-25(29)23-9-6-16-28(18-23)17-22-8-3-4-10-24(22)26/h3-4,8,10-14,19,23H,5-7,9,15-18H2,1-2H3,(H,27,29)/t23-/m1/s1. The maximum atomic E-state index is 12.6. The number of amides is 1. The molecule has 0 unspecified atom stereocenters. The average molecular weight is 413 g/mol. The molecule has 1 heterocycles. The minimum Gasteiger partial charge on any atom is -0.356 e. The second-order valence-corrected chi connectivity index (χ2v) is 8.86. The van der Waals surface area contributed by atoms with Crippen molar-refractivity contribution in [3.05, 3.63) is 70.2 Å². The highest BCUT2D eigenvalue weighted by Crippen LogP contribution is 2.22. The molecular formula is C25H33ClN2O. The Labute approximate surface area is 180 Å². The van der Waals surface area contributed by atoms with Crippen LogP contribution < -0.4 is 5.32 Å². The summed E-state index contributed by atoms with van der Waals surface area (Å²) in [5.74, 6) is 0.844. The smallest absolute Gasteiger partial charge is 0.224 e. The van der Waals surface area contributed by atoms with Crippen LogP contribution in [-0.2, 0) is 17.8 Å². The van der Waals surface area contributed by atoms with Crippen LogP contribution in [0.25, 0.3) is 0 Å². The molecule has 2 aromatic carbocycles. The summed E-state index contributed by atoms with van der Waals surface area (Å²) in [6.07, 6.45) is 4.01. The molecule has 3 rings (SSSR count). The van der Waals surface area contributed by atoms with Gasteiger partial charge in [0.2, 0.25) is 5.91 Å². The number of carbonyl (C=O) groups is 1. The Bertz CT molecular complexity index is 788. The molecule has 0 saturated carbocycles. The molecule has 4 heteroatoms. The molecule has 1 aliphatic heterocycles. The third-order valence-electron chi connectivity index (χ3n) is 5.82. The number of halogens is 1. The van der Waals surface area contributed by atoms with E-state index in [1.54, 1.807) is 0 Å². The van der Waals surface area contributed by atoms with Gasteiger partial charge in [0.1, 0.15) is 0 Å². The number of aryl methyl sites for hydroxylation is 1. The van der Waals surface area contributed by atoms with Crippen molar-refractivity contribution < 1.29 is 4.79 Å². The number of nitrogens with zero attached hydrogens (tertiary/aromatic N) is 1. The van der Waals surface area contributed by atoms with Gasteiger partial charge in [-0.3, -0.25) is 9.69 Å². The van der Waals surface area contributed by atoms with Crippen molar-refractivity contribution in [2.45, 2.75) is 52.0 Å². The molecule has 156 valence electrons. The zero-order valence-electron chi connectivity index (χ0n) is 17.7. The first kappa shape index (κ1) is 21.9. The highest BCUT2D eigenvalue weighted by atomic mass is 35.5. The van der Waals surface area contributed by atoms with Gasteiger partial charge in [-0.25, -0.2) is 0 Å². The molecule has 1 amide bonds. The Morgan fingerprint density at radius 2 is 1.93 bits per heavy atom. The first-order chi connectivity index (χ1) is 14.0. The molecule has 1 saturated heterocycles. The maximum Gasteiger partial charge on any atom is 0.224 e. The van der Waals surface area contributed by atoms with E-state index in [-0.39, 0.29) is 11.8 Å². The molecule has 2 aromatic rings. The molecule has 0 aromatic heterocycles. The number of benzene rings is 2. The molecule has 0 bridgehead atoms. The summed E-state index contributed by atoms with van der Waals surface area (Å²) in [7, 11) is 0. The van der Waals surface area contributed by atoms with E-state index >= 15 is 0 Å². The van der Waals surface area contributed by atoms with Gasteiger partial charge in [0.05, 0.1) is 5.92 Å². The van der Waals surface area contributed by atoms with Crippen molar-refractivity contribution in [1.82, 2.24) is 10.2 Å². The average Bonchev–Trinajstić information content (AvgIpc) is 2.73. The summed E-state index contributed by atoms with van der Waals surface area (Å²) in [6.45, 7) is 7.83. The fourth-order valence-corrected chi connectivity index (χ4v) is 4.19. The summed E-state index contributed by atoms with van der Waals surface area (Å²) >= 11 is 6.30. The van der Waals surface area contributed by atoms with Crippen molar-refractivity contribution in [3.8, 4) is 0 Å². The van der Waals surface area contributed by atoms with Crippen LogP contribution in [0.1, 0.15) is 55.7 Å². The second-order valence-electron chi connectivity index (χ2n) is 8.46. The van der Waals surface area contributed by atoms with Crippen molar-refractivity contribution in [3.63, 3.8) is 0 Å². The van der Waals surface area contributed by atoms with Gasteiger partial charge in [-0.15, -0.1) is 0 Å². The van der Waals surface area contributed by atoms with E-state index in [9.17, 15) is 4.79 Å². The van der Waals surface area contributed by atoms with E-state index in [2.05, 4.69) is 54.4 Å². The molecule has 1 aliphatic rings. The monoisotopic (exact) mass is 412 g/mol. The summed E-state index contributed by atoms with van der Waals surface area (Å²) in [5.41, 5.74) is 3.85. The predicted octanol–water partition coefficient (Wildman–Crippen LogP) is 5.42. The van der Waals surface area contributed by atoms with Crippen LogP contribution in [0.5, 0.6) is 0 Å². The van der Waals surface area contributed by atoms with Gasteiger partial charge < -0.3 is 5.32 Å². The van der Waals surface area contributed by atoms with Crippen LogP contribution in [0.3, 0.4) is 0 Å². The highest BCUT2D eigenvalue weighted by Gasteiger charge is 2.25. The van der Waals surface area contributed by atoms with E-state index in [1.807, 2.05) is 18.2 Å². The molecule has 1 atom stereocenters. The Balaban J connectivity index is 1.40. The number of hydrogen-bond donors (Lipinski definition) is 1. The van der Waals surface area contributed by atoms with Gasteiger partial charge in [-0.05, 0) is 60.9 Å². The lowest BCUT2D eigenvalue weighted by Gasteiger charge is -2.32. The molecule has 0 aliphatic carbocycles. The number of hydrogen-bond acceptors (Lipinski definition) is 2. The minimum absolute atomic E-state index is 0.0802. The van der Waals surface area contributed by atoms with Crippen LogP contribution in [0.15, 0.2) is 48.5 Å². The number of likely N-dealkylation sites (tertiary alicyclic amines) is 1. The van der Waals surface area contributed by atoms with Gasteiger partial charge in [0.25, 0.3) is 0 Å². The number of nitrogens with one attached hydrogen (secondary N) is 1. The summed E-state index contributed by atoms with van der Waals surface area (Å²) in [5, 5.41) is 3.96. The molecule has 1 fully saturated rings. The lowest BCUT2D eigenvalue weighted by atomic mass is 9.96. The SMILES string of the molecule is CC(C)c1ccc(CCCNC(=O)[C@@H]2CCCN(Cc3ccccc3Cl)C2)cc1. The summed E-state index contributed by atoms with van der Waals surface area (Å²) in [6, 6.07) is 16.8. The van der Waals surface area contributed by atoms with Crippen LogP contribution in [0.2, 0.25) is 5.02 Å². The van der Waals surface area contributed by atoms with E-state index in [4.69, 9.17) is 11.6 Å². The van der Waals surface area contributed by atoms with E-state index in [0.717, 1.165) is 62.4 Å². The third-order valence-corrected chi connectivity index (χ3v) is 6.18. The minimum atomic E-state index is 0.0802. The zero-order chi connectivity index (χ0) is 20.6. The fraction of sp³-hybridized carbons (Fsp3) is 0.480. The molecule has 29 heavy (non-hydrogen) atoms. The Morgan fingerprint density at radius 3 is 2.66 bits per heavy atom. The van der Waals surface area contributed by atoms with E-state index in [0.29, 0.717) is 5.92 Å². The van der Waals surface area contributed by atoms with Crippen molar-refractivity contribution in [2.75, 3.05) is 19.6 Å². The summed E-state index contributed by atoms with van der Waals surface area (Å²) < 4.78 is 0. The predicted molar refractivity (Wildman–Crippen MR) is 121 cm³/mol. The Kier molecular flexibility index (Phi) is 8.14.